The van der Waals surface area contributed by atoms with Crippen molar-refractivity contribution in [2.24, 2.45) is 11.1 Å². The summed E-state index contributed by atoms with van der Waals surface area (Å²) in [5.74, 6) is 0. The minimum Gasteiger partial charge on any atom is -0.395 e. The second kappa shape index (κ2) is 7.20. The van der Waals surface area contributed by atoms with E-state index in [4.69, 9.17) is 10.8 Å². The lowest BCUT2D eigenvalue weighted by Gasteiger charge is -2.36. The summed E-state index contributed by atoms with van der Waals surface area (Å²) in [6.45, 7) is 11.4. The summed E-state index contributed by atoms with van der Waals surface area (Å²) in [5, 5.41) is 9.07. The molecule has 0 aromatic rings. The molecule has 92 valence electrons. The number of aliphatic hydroxyl groups excluding tert-OH is 1. The first-order chi connectivity index (χ1) is 7.00. The number of hydrogen-bond donors (Lipinski definition) is 2. The van der Waals surface area contributed by atoms with Crippen LogP contribution >= 0.6 is 0 Å². The van der Waals surface area contributed by atoms with Crippen LogP contribution in [0.15, 0.2) is 0 Å². The van der Waals surface area contributed by atoms with E-state index in [0.29, 0.717) is 12.6 Å². The minimum atomic E-state index is 0.137. The van der Waals surface area contributed by atoms with E-state index in [2.05, 4.69) is 32.6 Å². The van der Waals surface area contributed by atoms with Crippen LogP contribution in [-0.4, -0.2) is 42.3 Å². The fraction of sp³-hybridized carbons (Fsp3) is 1.00. The molecule has 0 aliphatic rings. The monoisotopic (exact) mass is 216 g/mol. The third-order valence-electron chi connectivity index (χ3n) is 3.03. The second-order valence-corrected chi connectivity index (χ2v) is 5.03. The van der Waals surface area contributed by atoms with Crippen molar-refractivity contribution in [1.29, 1.82) is 0 Å². The fourth-order valence-electron chi connectivity index (χ4n) is 1.94. The Morgan fingerprint density at radius 1 is 1.27 bits per heavy atom. The first-order valence-electron chi connectivity index (χ1n) is 6.05. The molecule has 0 aliphatic carbocycles. The summed E-state index contributed by atoms with van der Waals surface area (Å²) in [5.41, 5.74) is 5.88. The quantitative estimate of drug-likeness (QED) is 0.646. The first-order valence-corrected chi connectivity index (χ1v) is 6.05. The van der Waals surface area contributed by atoms with Gasteiger partial charge in [-0.3, -0.25) is 4.90 Å². The van der Waals surface area contributed by atoms with E-state index in [1.807, 2.05) is 0 Å². The van der Waals surface area contributed by atoms with Gasteiger partial charge in [0.05, 0.1) is 6.61 Å². The molecule has 0 spiro atoms. The standard InChI is InChI=1S/C12H28N2O/c1-5-11(6-2)14(7-8-15)10-12(3,4)9-13/h11,15H,5-10,13H2,1-4H3. The highest BCUT2D eigenvalue weighted by Crippen LogP contribution is 2.18. The van der Waals surface area contributed by atoms with Gasteiger partial charge in [0.15, 0.2) is 0 Å². The molecule has 0 unspecified atom stereocenters. The molecule has 0 radical (unpaired) electrons. The minimum absolute atomic E-state index is 0.137. The largest absolute Gasteiger partial charge is 0.395 e. The molecule has 0 aromatic heterocycles. The summed E-state index contributed by atoms with van der Waals surface area (Å²) in [6.07, 6.45) is 2.27. The Balaban J connectivity index is 4.37. The number of nitrogens with two attached hydrogens (primary N) is 1. The molecule has 0 saturated carbocycles. The molecule has 0 rings (SSSR count). The van der Waals surface area contributed by atoms with E-state index < -0.39 is 0 Å². The summed E-state index contributed by atoms with van der Waals surface area (Å²) in [6, 6.07) is 0.572. The van der Waals surface area contributed by atoms with Crippen LogP contribution in [0.5, 0.6) is 0 Å². The summed E-state index contributed by atoms with van der Waals surface area (Å²) >= 11 is 0. The van der Waals surface area contributed by atoms with E-state index in [1.54, 1.807) is 0 Å². The molecule has 15 heavy (non-hydrogen) atoms. The van der Waals surface area contributed by atoms with Gasteiger partial charge in [-0.1, -0.05) is 27.7 Å². The Bertz CT molecular complexity index is 156. The van der Waals surface area contributed by atoms with Gasteiger partial charge in [0.25, 0.3) is 0 Å². The molecule has 0 bridgehead atoms. The van der Waals surface area contributed by atoms with E-state index in [-0.39, 0.29) is 12.0 Å². The third kappa shape index (κ3) is 5.50. The van der Waals surface area contributed by atoms with E-state index in [0.717, 1.165) is 25.9 Å². The Morgan fingerprint density at radius 2 is 1.80 bits per heavy atom. The molecule has 0 atom stereocenters. The Labute approximate surface area is 94.6 Å². The average molecular weight is 216 g/mol. The number of aliphatic hydroxyl groups is 1. The molecule has 0 amide bonds. The van der Waals surface area contributed by atoms with Gasteiger partial charge in [-0.2, -0.15) is 0 Å². The van der Waals surface area contributed by atoms with E-state index in [1.165, 1.54) is 0 Å². The maximum Gasteiger partial charge on any atom is 0.0558 e. The maximum atomic E-state index is 9.07. The number of rotatable bonds is 8. The van der Waals surface area contributed by atoms with Gasteiger partial charge in [-0.25, -0.2) is 0 Å². The van der Waals surface area contributed by atoms with Gasteiger partial charge in [-0.15, -0.1) is 0 Å². The topological polar surface area (TPSA) is 49.5 Å². The number of hydrogen-bond acceptors (Lipinski definition) is 3. The molecule has 0 heterocycles. The lowest BCUT2D eigenvalue weighted by molar-refractivity contribution is 0.101. The number of nitrogens with zero attached hydrogens (tertiary/aromatic N) is 1. The molecular weight excluding hydrogens is 188 g/mol. The van der Waals surface area contributed by atoms with Crippen molar-refractivity contribution in [2.75, 3.05) is 26.2 Å². The molecular formula is C12H28N2O. The normalized spacial score (nSPS) is 12.8. The van der Waals surface area contributed by atoms with Gasteiger partial charge in [0.2, 0.25) is 0 Å². The van der Waals surface area contributed by atoms with Crippen molar-refractivity contribution in [1.82, 2.24) is 4.90 Å². The van der Waals surface area contributed by atoms with Crippen LogP contribution in [0.3, 0.4) is 0 Å². The molecule has 0 aliphatic heterocycles. The van der Waals surface area contributed by atoms with Gasteiger partial charge in [0, 0.05) is 19.1 Å². The van der Waals surface area contributed by atoms with Gasteiger partial charge >= 0.3 is 0 Å². The third-order valence-corrected chi connectivity index (χ3v) is 3.03. The summed E-state index contributed by atoms with van der Waals surface area (Å²) < 4.78 is 0. The van der Waals surface area contributed by atoms with Crippen molar-refractivity contribution in [3.05, 3.63) is 0 Å². The van der Waals surface area contributed by atoms with Crippen molar-refractivity contribution >= 4 is 0 Å². The smallest absolute Gasteiger partial charge is 0.0558 e. The summed E-state index contributed by atoms with van der Waals surface area (Å²) in [7, 11) is 0. The lowest BCUT2D eigenvalue weighted by atomic mass is 9.92. The van der Waals surface area contributed by atoms with Crippen LogP contribution in [0.1, 0.15) is 40.5 Å². The molecule has 0 aromatic carbocycles. The van der Waals surface area contributed by atoms with Crippen LogP contribution < -0.4 is 5.73 Å². The zero-order valence-corrected chi connectivity index (χ0v) is 10.8. The Kier molecular flexibility index (Phi) is 7.14. The summed E-state index contributed by atoms with van der Waals surface area (Å²) in [4.78, 5) is 2.37. The SMILES string of the molecule is CCC(CC)N(CCO)CC(C)(C)CN. The maximum absolute atomic E-state index is 9.07. The van der Waals surface area contributed by atoms with Crippen LogP contribution in [0.25, 0.3) is 0 Å². The highest BCUT2D eigenvalue weighted by molar-refractivity contribution is 4.78. The van der Waals surface area contributed by atoms with Crippen LogP contribution in [0.4, 0.5) is 0 Å². The zero-order chi connectivity index (χ0) is 11.9. The molecule has 3 N–H and O–H groups in total. The van der Waals surface area contributed by atoms with E-state index >= 15 is 0 Å². The second-order valence-electron chi connectivity index (χ2n) is 5.03. The van der Waals surface area contributed by atoms with Gasteiger partial charge in [-0.05, 0) is 24.8 Å². The predicted molar refractivity (Wildman–Crippen MR) is 65.9 cm³/mol. The highest BCUT2D eigenvalue weighted by atomic mass is 16.3. The molecule has 0 fully saturated rings. The van der Waals surface area contributed by atoms with Gasteiger partial charge in [0.1, 0.15) is 0 Å². The Morgan fingerprint density at radius 3 is 2.13 bits per heavy atom. The van der Waals surface area contributed by atoms with Crippen molar-refractivity contribution in [3.8, 4) is 0 Å². The van der Waals surface area contributed by atoms with Crippen molar-refractivity contribution in [2.45, 2.75) is 46.6 Å². The Hall–Kier alpha value is -0.120. The van der Waals surface area contributed by atoms with Crippen LogP contribution in [0.2, 0.25) is 0 Å². The van der Waals surface area contributed by atoms with Crippen LogP contribution in [0, 0.1) is 5.41 Å². The predicted octanol–water partition coefficient (Wildman–Crippen LogP) is 1.45. The van der Waals surface area contributed by atoms with Crippen LogP contribution in [-0.2, 0) is 0 Å². The lowest BCUT2D eigenvalue weighted by Crippen LogP contribution is -2.45. The first kappa shape index (κ1) is 14.9. The zero-order valence-electron chi connectivity index (χ0n) is 10.8. The van der Waals surface area contributed by atoms with Crippen molar-refractivity contribution in [3.63, 3.8) is 0 Å². The highest BCUT2D eigenvalue weighted by Gasteiger charge is 2.23. The van der Waals surface area contributed by atoms with E-state index in [9.17, 15) is 0 Å². The van der Waals surface area contributed by atoms with Crippen molar-refractivity contribution < 1.29 is 5.11 Å². The van der Waals surface area contributed by atoms with Gasteiger partial charge < -0.3 is 10.8 Å². The average Bonchev–Trinajstić information content (AvgIpc) is 2.19. The fourth-order valence-corrected chi connectivity index (χ4v) is 1.94. The molecule has 3 nitrogen and oxygen atoms in total. The molecule has 3 heteroatoms. The molecule has 0 saturated heterocycles.